The Bertz CT molecular complexity index is 471. The van der Waals surface area contributed by atoms with Crippen molar-refractivity contribution in [2.75, 3.05) is 6.54 Å². The second-order valence-corrected chi connectivity index (χ2v) is 6.42. The molecule has 1 aromatic carbocycles. The Labute approximate surface area is 121 Å². The molecular weight excluding hydrogens is 308 g/mol. The Balaban J connectivity index is 1.96. The van der Waals surface area contributed by atoms with Crippen LogP contribution in [0.25, 0.3) is 0 Å². The largest absolute Gasteiger partial charge is 0.312 e. The normalized spacial score (nSPS) is 17.6. The zero-order valence-electron chi connectivity index (χ0n) is 11.1. The van der Waals surface area contributed by atoms with Crippen molar-refractivity contribution < 1.29 is 4.92 Å². The number of nitrogens with one attached hydrogen (secondary N) is 1. The van der Waals surface area contributed by atoms with E-state index in [-0.39, 0.29) is 10.6 Å². The number of halogens is 1. The molecule has 0 atom stereocenters. The van der Waals surface area contributed by atoms with Crippen LogP contribution in [0.2, 0.25) is 0 Å². The summed E-state index contributed by atoms with van der Waals surface area (Å²) in [5.74, 6) is 0. The van der Waals surface area contributed by atoms with Crippen molar-refractivity contribution in [2.24, 2.45) is 5.41 Å². The van der Waals surface area contributed by atoms with Gasteiger partial charge in [0.1, 0.15) is 0 Å². The zero-order valence-corrected chi connectivity index (χ0v) is 12.7. The standard InChI is InChI=1S/C14H19BrN2O2/c1-14(7-2-3-8-14)10-16-9-11-5-4-6-12(13(11)15)17(18)19/h4-6,16H,2-3,7-10H2,1H3. The summed E-state index contributed by atoms with van der Waals surface area (Å²) < 4.78 is 0.587. The third-order valence-electron chi connectivity index (χ3n) is 3.93. The van der Waals surface area contributed by atoms with Gasteiger partial charge >= 0.3 is 0 Å². The molecule has 0 radical (unpaired) electrons. The first-order valence-corrected chi connectivity index (χ1v) is 7.44. The maximum absolute atomic E-state index is 10.9. The fraction of sp³-hybridized carbons (Fsp3) is 0.571. The average Bonchev–Trinajstić information content (AvgIpc) is 2.78. The van der Waals surface area contributed by atoms with Crippen molar-refractivity contribution in [3.05, 3.63) is 38.3 Å². The quantitative estimate of drug-likeness (QED) is 0.656. The molecule has 0 bridgehead atoms. The number of benzene rings is 1. The molecule has 4 nitrogen and oxygen atoms in total. The van der Waals surface area contributed by atoms with Crippen LogP contribution in [0.5, 0.6) is 0 Å². The molecule has 1 aliphatic carbocycles. The van der Waals surface area contributed by atoms with Gasteiger partial charge in [-0.25, -0.2) is 0 Å². The van der Waals surface area contributed by atoms with Crippen LogP contribution >= 0.6 is 15.9 Å². The summed E-state index contributed by atoms with van der Waals surface area (Å²) in [6, 6.07) is 5.17. The van der Waals surface area contributed by atoms with Gasteiger partial charge in [-0.05, 0) is 39.8 Å². The molecule has 1 fully saturated rings. The third-order valence-corrected chi connectivity index (χ3v) is 4.85. The molecule has 0 aliphatic heterocycles. The maximum Gasteiger partial charge on any atom is 0.283 e. The number of hydrogen-bond acceptors (Lipinski definition) is 3. The van der Waals surface area contributed by atoms with Gasteiger partial charge in [-0.15, -0.1) is 0 Å². The average molecular weight is 327 g/mol. The van der Waals surface area contributed by atoms with E-state index in [4.69, 9.17) is 0 Å². The van der Waals surface area contributed by atoms with Crippen LogP contribution in [0, 0.1) is 15.5 Å². The molecule has 0 aromatic heterocycles. The highest BCUT2D eigenvalue weighted by Crippen LogP contribution is 2.37. The molecule has 1 aromatic rings. The number of nitrogens with zero attached hydrogens (tertiary/aromatic N) is 1. The summed E-state index contributed by atoms with van der Waals surface area (Å²) in [4.78, 5) is 10.5. The molecule has 104 valence electrons. The van der Waals surface area contributed by atoms with E-state index in [2.05, 4.69) is 28.2 Å². The monoisotopic (exact) mass is 326 g/mol. The van der Waals surface area contributed by atoms with Gasteiger partial charge in [0.15, 0.2) is 0 Å². The predicted molar refractivity (Wildman–Crippen MR) is 79.1 cm³/mol. The molecule has 19 heavy (non-hydrogen) atoms. The summed E-state index contributed by atoms with van der Waals surface area (Å²) >= 11 is 3.33. The highest BCUT2D eigenvalue weighted by Gasteiger charge is 2.28. The van der Waals surface area contributed by atoms with Crippen LogP contribution in [-0.4, -0.2) is 11.5 Å². The van der Waals surface area contributed by atoms with E-state index in [1.807, 2.05) is 6.07 Å². The van der Waals surface area contributed by atoms with Crippen molar-refractivity contribution in [3.8, 4) is 0 Å². The number of rotatable bonds is 5. The Morgan fingerprint density at radius 1 is 1.42 bits per heavy atom. The smallest absolute Gasteiger partial charge is 0.283 e. The van der Waals surface area contributed by atoms with Gasteiger partial charge in [-0.2, -0.15) is 0 Å². The lowest BCUT2D eigenvalue weighted by Gasteiger charge is -2.23. The van der Waals surface area contributed by atoms with Gasteiger partial charge < -0.3 is 5.32 Å². The molecule has 0 saturated heterocycles. The summed E-state index contributed by atoms with van der Waals surface area (Å²) in [7, 11) is 0. The molecule has 1 saturated carbocycles. The molecule has 1 N–H and O–H groups in total. The van der Waals surface area contributed by atoms with E-state index in [0.29, 0.717) is 16.4 Å². The molecule has 0 amide bonds. The van der Waals surface area contributed by atoms with Gasteiger partial charge in [-0.3, -0.25) is 10.1 Å². The Kier molecular flexibility index (Phi) is 4.58. The summed E-state index contributed by atoms with van der Waals surface area (Å²) in [6.07, 6.45) is 5.18. The first-order chi connectivity index (χ1) is 9.02. The Hall–Kier alpha value is -0.940. The first kappa shape index (κ1) is 14.5. The van der Waals surface area contributed by atoms with Gasteiger partial charge in [0.05, 0.1) is 9.40 Å². The Morgan fingerprint density at radius 3 is 2.74 bits per heavy atom. The molecule has 1 aliphatic rings. The molecule has 0 spiro atoms. The van der Waals surface area contributed by atoms with Gasteiger partial charge in [0.2, 0.25) is 0 Å². The van der Waals surface area contributed by atoms with Gasteiger partial charge in [-0.1, -0.05) is 31.9 Å². The van der Waals surface area contributed by atoms with Crippen LogP contribution < -0.4 is 5.32 Å². The van der Waals surface area contributed by atoms with E-state index in [0.717, 1.165) is 12.1 Å². The topological polar surface area (TPSA) is 55.2 Å². The van der Waals surface area contributed by atoms with Crippen molar-refractivity contribution in [1.82, 2.24) is 5.32 Å². The third kappa shape index (κ3) is 3.54. The fourth-order valence-electron chi connectivity index (χ4n) is 2.75. The van der Waals surface area contributed by atoms with Crippen molar-refractivity contribution >= 4 is 21.6 Å². The van der Waals surface area contributed by atoms with E-state index in [1.165, 1.54) is 31.7 Å². The molecule has 2 rings (SSSR count). The van der Waals surface area contributed by atoms with Crippen LogP contribution in [0.1, 0.15) is 38.2 Å². The van der Waals surface area contributed by atoms with Crippen LogP contribution in [0.15, 0.2) is 22.7 Å². The molecule has 0 heterocycles. The minimum absolute atomic E-state index is 0.131. The highest BCUT2D eigenvalue weighted by molar-refractivity contribution is 9.10. The van der Waals surface area contributed by atoms with E-state index < -0.39 is 0 Å². The predicted octanol–water partition coefficient (Wildman–Crippen LogP) is 4.03. The highest BCUT2D eigenvalue weighted by atomic mass is 79.9. The minimum atomic E-state index is -0.355. The second kappa shape index (κ2) is 6.01. The number of nitro groups is 1. The van der Waals surface area contributed by atoms with Crippen molar-refractivity contribution in [1.29, 1.82) is 0 Å². The lowest BCUT2D eigenvalue weighted by molar-refractivity contribution is -0.385. The van der Waals surface area contributed by atoms with Crippen LogP contribution in [0.4, 0.5) is 5.69 Å². The maximum atomic E-state index is 10.9. The minimum Gasteiger partial charge on any atom is -0.312 e. The SMILES string of the molecule is CC1(CNCc2cccc([N+](=O)[O-])c2Br)CCCC1. The van der Waals surface area contributed by atoms with Gasteiger partial charge in [0, 0.05) is 19.2 Å². The number of nitro benzene ring substituents is 1. The van der Waals surface area contributed by atoms with Crippen LogP contribution in [-0.2, 0) is 6.54 Å². The molecule has 0 unspecified atom stereocenters. The summed E-state index contributed by atoms with van der Waals surface area (Å²) in [5.41, 5.74) is 1.47. The zero-order chi connectivity index (χ0) is 13.9. The summed E-state index contributed by atoms with van der Waals surface area (Å²) in [6.45, 7) is 3.95. The van der Waals surface area contributed by atoms with Crippen molar-refractivity contribution in [3.63, 3.8) is 0 Å². The Morgan fingerprint density at radius 2 is 2.11 bits per heavy atom. The number of hydrogen-bond donors (Lipinski definition) is 1. The van der Waals surface area contributed by atoms with E-state index >= 15 is 0 Å². The second-order valence-electron chi connectivity index (χ2n) is 5.63. The molecule has 5 heteroatoms. The van der Waals surface area contributed by atoms with Crippen molar-refractivity contribution in [2.45, 2.75) is 39.2 Å². The lowest BCUT2D eigenvalue weighted by atomic mass is 9.89. The lowest BCUT2D eigenvalue weighted by Crippen LogP contribution is -2.29. The fourth-order valence-corrected chi connectivity index (χ4v) is 3.30. The summed E-state index contributed by atoms with van der Waals surface area (Å²) in [5, 5.41) is 14.3. The van der Waals surface area contributed by atoms with Gasteiger partial charge in [0.25, 0.3) is 5.69 Å². The van der Waals surface area contributed by atoms with E-state index in [1.54, 1.807) is 6.07 Å². The van der Waals surface area contributed by atoms with Crippen LogP contribution in [0.3, 0.4) is 0 Å². The van der Waals surface area contributed by atoms with E-state index in [9.17, 15) is 10.1 Å². The molecular formula is C14H19BrN2O2. The first-order valence-electron chi connectivity index (χ1n) is 6.64.